The third-order valence-corrected chi connectivity index (χ3v) is 7.39. The lowest BCUT2D eigenvalue weighted by atomic mass is 9.45. The maximum absolute atomic E-state index is 12.5. The van der Waals surface area contributed by atoms with Crippen LogP contribution in [0.1, 0.15) is 46.5 Å². The number of ketones is 1. The van der Waals surface area contributed by atoms with Crippen molar-refractivity contribution in [3.63, 3.8) is 0 Å². The number of aliphatic hydroxyl groups excluding tert-OH is 2. The van der Waals surface area contributed by atoms with Gasteiger partial charge in [-0.15, -0.1) is 0 Å². The summed E-state index contributed by atoms with van der Waals surface area (Å²) in [6.45, 7) is 5.89. The molecule has 1 aliphatic heterocycles. The smallest absolute Gasteiger partial charge is 0.337 e. The second kappa shape index (κ2) is 5.27. The first-order valence-corrected chi connectivity index (χ1v) is 9.18. The van der Waals surface area contributed by atoms with Gasteiger partial charge in [0.05, 0.1) is 12.2 Å². The highest BCUT2D eigenvalue weighted by Gasteiger charge is 2.60. The minimum atomic E-state index is -0.820. The summed E-state index contributed by atoms with van der Waals surface area (Å²) in [5, 5.41) is 20.6. The van der Waals surface area contributed by atoms with E-state index in [2.05, 4.69) is 6.92 Å². The van der Waals surface area contributed by atoms with E-state index in [-0.39, 0.29) is 29.4 Å². The topological polar surface area (TPSA) is 83.8 Å². The highest BCUT2D eigenvalue weighted by molar-refractivity contribution is 5.93. The molecule has 1 heterocycles. The zero-order chi connectivity index (χ0) is 18.1. The SMILES string of the molecule is CC1(C)C(=O)CC[C@]2(C)[C@@H]1CCC1=CC3=C(CO)C(=O)O[C@@H]3[C@@H](O)[C@H]12. The maximum atomic E-state index is 12.5. The molecule has 25 heavy (non-hydrogen) atoms. The number of esters is 1. The van der Waals surface area contributed by atoms with Crippen LogP contribution < -0.4 is 0 Å². The number of rotatable bonds is 1. The van der Waals surface area contributed by atoms with Gasteiger partial charge in [0.15, 0.2) is 6.10 Å². The molecule has 2 saturated carbocycles. The van der Waals surface area contributed by atoms with Gasteiger partial charge in [-0.25, -0.2) is 4.79 Å². The van der Waals surface area contributed by atoms with E-state index >= 15 is 0 Å². The molecular weight excluding hydrogens is 320 g/mol. The quantitative estimate of drug-likeness (QED) is 0.709. The number of ether oxygens (including phenoxy) is 1. The van der Waals surface area contributed by atoms with Crippen molar-refractivity contribution in [1.82, 2.24) is 0 Å². The molecule has 2 fully saturated rings. The van der Waals surface area contributed by atoms with Crippen molar-refractivity contribution in [2.75, 3.05) is 6.61 Å². The molecule has 0 radical (unpaired) electrons. The van der Waals surface area contributed by atoms with Crippen LogP contribution >= 0.6 is 0 Å². The Morgan fingerprint density at radius 3 is 2.64 bits per heavy atom. The van der Waals surface area contributed by atoms with E-state index in [1.165, 1.54) is 0 Å². The van der Waals surface area contributed by atoms with E-state index in [0.717, 1.165) is 24.8 Å². The van der Waals surface area contributed by atoms with Gasteiger partial charge in [0.1, 0.15) is 11.9 Å². The Kier molecular flexibility index (Phi) is 3.58. The lowest BCUT2D eigenvalue weighted by Crippen LogP contribution is -2.58. The maximum Gasteiger partial charge on any atom is 0.337 e. The van der Waals surface area contributed by atoms with Crippen molar-refractivity contribution in [2.24, 2.45) is 22.7 Å². The summed E-state index contributed by atoms with van der Waals surface area (Å²) < 4.78 is 5.39. The fourth-order valence-electron chi connectivity index (χ4n) is 6.11. The number of carbonyl (C=O) groups excluding carboxylic acids is 2. The van der Waals surface area contributed by atoms with Crippen molar-refractivity contribution in [1.29, 1.82) is 0 Å². The molecule has 5 nitrogen and oxygen atoms in total. The van der Waals surface area contributed by atoms with Crippen LogP contribution in [-0.2, 0) is 14.3 Å². The first-order valence-electron chi connectivity index (χ1n) is 9.18. The monoisotopic (exact) mass is 346 g/mol. The van der Waals surface area contributed by atoms with Gasteiger partial charge in [-0.2, -0.15) is 0 Å². The molecule has 0 spiro atoms. The fraction of sp³-hybridized carbons (Fsp3) is 0.700. The standard InChI is InChI=1S/C20H26O5/c1-19(2)13-5-4-10-8-11-12(9-21)18(24)25-17(11)16(23)15(10)20(13,3)7-6-14(19)22/h8,13,15-17,21,23H,4-7,9H2,1-3H3/t13-,15+,16+,17+,20-/m1/s1. The second-order valence-corrected chi connectivity index (χ2v) is 8.85. The molecule has 5 heteroatoms. The van der Waals surface area contributed by atoms with Gasteiger partial charge in [-0.3, -0.25) is 4.79 Å². The Morgan fingerprint density at radius 1 is 1.24 bits per heavy atom. The average Bonchev–Trinajstić information content (AvgIpc) is 2.87. The van der Waals surface area contributed by atoms with Gasteiger partial charge in [0.2, 0.25) is 0 Å². The van der Waals surface area contributed by atoms with E-state index in [9.17, 15) is 19.8 Å². The van der Waals surface area contributed by atoms with Crippen molar-refractivity contribution in [3.05, 3.63) is 22.8 Å². The lowest BCUT2D eigenvalue weighted by Gasteiger charge is -2.59. The zero-order valence-electron chi connectivity index (χ0n) is 15.0. The fourth-order valence-corrected chi connectivity index (χ4v) is 6.11. The molecule has 2 N–H and O–H groups in total. The van der Waals surface area contributed by atoms with Gasteiger partial charge < -0.3 is 14.9 Å². The van der Waals surface area contributed by atoms with Gasteiger partial charge in [-0.1, -0.05) is 32.4 Å². The number of Topliss-reactive ketones (excluding diaryl/α,β-unsaturated/α-hetero) is 1. The van der Waals surface area contributed by atoms with Crippen molar-refractivity contribution in [2.45, 2.75) is 58.7 Å². The first-order chi connectivity index (χ1) is 11.7. The minimum Gasteiger partial charge on any atom is -0.451 e. The predicted octanol–water partition coefficient (Wildman–Crippen LogP) is 1.92. The molecule has 5 atom stereocenters. The summed E-state index contributed by atoms with van der Waals surface area (Å²) in [6, 6.07) is 0. The Bertz CT molecular complexity index is 716. The number of hydrogen-bond donors (Lipinski definition) is 2. The number of carbonyl (C=O) groups is 2. The van der Waals surface area contributed by atoms with Crippen molar-refractivity contribution in [3.8, 4) is 0 Å². The highest BCUT2D eigenvalue weighted by atomic mass is 16.6. The Hall–Kier alpha value is -1.46. The molecule has 0 amide bonds. The van der Waals surface area contributed by atoms with E-state index in [4.69, 9.17) is 4.74 Å². The Morgan fingerprint density at radius 2 is 1.96 bits per heavy atom. The molecular formula is C20H26O5. The predicted molar refractivity (Wildman–Crippen MR) is 90.4 cm³/mol. The van der Waals surface area contributed by atoms with Gasteiger partial charge in [0, 0.05) is 23.3 Å². The Balaban J connectivity index is 1.80. The van der Waals surface area contributed by atoms with E-state index in [1.54, 1.807) is 0 Å². The van der Waals surface area contributed by atoms with Crippen LogP contribution in [0.15, 0.2) is 22.8 Å². The van der Waals surface area contributed by atoms with Crippen LogP contribution in [0.5, 0.6) is 0 Å². The van der Waals surface area contributed by atoms with Crippen LogP contribution in [0.4, 0.5) is 0 Å². The molecule has 136 valence electrons. The van der Waals surface area contributed by atoms with Crippen LogP contribution in [0.25, 0.3) is 0 Å². The number of hydrogen-bond acceptors (Lipinski definition) is 5. The van der Waals surface area contributed by atoms with Crippen LogP contribution in [-0.4, -0.2) is 40.8 Å². The minimum absolute atomic E-state index is 0.113. The number of fused-ring (bicyclic) bond motifs is 4. The highest BCUT2D eigenvalue weighted by Crippen LogP contribution is 2.62. The second-order valence-electron chi connectivity index (χ2n) is 8.85. The van der Waals surface area contributed by atoms with E-state index in [1.807, 2.05) is 19.9 Å². The lowest BCUT2D eigenvalue weighted by molar-refractivity contribution is -0.159. The van der Waals surface area contributed by atoms with Crippen LogP contribution in [0.2, 0.25) is 0 Å². The van der Waals surface area contributed by atoms with Gasteiger partial charge >= 0.3 is 5.97 Å². The summed E-state index contributed by atoms with van der Waals surface area (Å²) >= 11 is 0. The molecule has 0 saturated heterocycles. The summed E-state index contributed by atoms with van der Waals surface area (Å²) in [7, 11) is 0. The molecule has 0 unspecified atom stereocenters. The van der Waals surface area contributed by atoms with E-state index in [0.29, 0.717) is 17.8 Å². The molecule has 3 aliphatic carbocycles. The van der Waals surface area contributed by atoms with Crippen molar-refractivity contribution >= 4 is 11.8 Å². The van der Waals surface area contributed by atoms with Crippen LogP contribution in [0, 0.1) is 22.7 Å². The van der Waals surface area contributed by atoms with Gasteiger partial charge in [0.25, 0.3) is 0 Å². The molecule has 0 aromatic heterocycles. The molecule has 0 aromatic rings. The summed E-state index contributed by atoms with van der Waals surface area (Å²) in [6.07, 6.45) is 3.47. The summed E-state index contributed by atoms with van der Waals surface area (Å²) in [5.41, 5.74) is 1.45. The largest absolute Gasteiger partial charge is 0.451 e. The van der Waals surface area contributed by atoms with Crippen molar-refractivity contribution < 1.29 is 24.5 Å². The average molecular weight is 346 g/mol. The number of aliphatic hydroxyl groups is 2. The van der Waals surface area contributed by atoms with E-state index < -0.39 is 23.6 Å². The normalized spacial score (nSPS) is 42.4. The van der Waals surface area contributed by atoms with Gasteiger partial charge in [-0.05, 0) is 30.6 Å². The third kappa shape index (κ3) is 2.08. The summed E-state index contributed by atoms with van der Waals surface area (Å²) in [5.74, 6) is -0.128. The molecule has 0 aromatic carbocycles. The molecule has 0 bridgehead atoms. The molecule has 4 aliphatic rings. The Labute approximate surface area is 147 Å². The zero-order valence-corrected chi connectivity index (χ0v) is 15.0. The van der Waals surface area contributed by atoms with Crippen LogP contribution in [0.3, 0.4) is 0 Å². The first kappa shape index (κ1) is 17.0. The summed E-state index contributed by atoms with van der Waals surface area (Å²) in [4.78, 5) is 24.5. The molecule has 4 rings (SSSR count). The third-order valence-electron chi connectivity index (χ3n) is 7.39.